The first-order valence-electron chi connectivity index (χ1n) is 4.66. The van der Waals surface area contributed by atoms with E-state index in [0.717, 1.165) is 0 Å². The molecule has 0 amide bonds. The van der Waals surface area contributed by atoms with Crippen molar-refractivity contribution in [3.8, 4) is 0 Å². The summed E-state index contributed by atoms with van der Waals surface area (Å²) >= 11 is 0. The normalized spacial score (nSPS) is 17.1. The fourth-order valence-electron chi connectivity index (χ4n) is 1.65. The topological polar surface area (TPSA) is 38.5 Å². The highest BCUT2D eigenvalue weighted by molar-refractivity contribution is 5.68. The predicted molar refractivity (Wildman–Crippen MR) is 53.8 cm³/mol. The Labute approximate surface area is 82.3 Å². The predicted octanol–water partition coefficient (Wildman–Crippen LogP) is 1.24. The largest absolute Gasteiger partial charge is 0.397 e. The molecule has 0 unspecified atom stereocenters. The monoisotopic (exact) mass is 196 g/mol. The van der Waals surface area contributed by atoms with E-state index in [4.69, 9.17) is 10.5 Å². The standard InChI is InChI=1S/C10H13FN2O/c11-8-2-1-3-9(12)10(8)13-4-6-14-7-5-13/h1-3H,4-7,12H2. The van der Waals surface area contributed by atoms with E-state index >= 15 is 0 Å². The first-order valence-corrected chi connectivity index (χ1v) is 4.66. The zero-order chi connectivity index (χ0) is 9.97. The van der Waals surface area contributed by atoms with Crippen LogP contribution in [0.25, 0.3) is 0 Å². The molecule has 3 nitrogen and oxygen atoms in total. The average molecular weight is 196 g/mol. The Balaban J connectivity index is 2.29. The van der Waals surface area contributed by atoms with Gasteiger partial charge in [-0.05, 0) is 12.1 Å². The molecule has 1 saturated heterocycles. The van der Waals surface area contributed by atoms with Crippen molar-refractivity contribution in [1.82, 2.24) is 0 Å². The van der Waals surface area contributed by atoms with Crippen molar-refractivity contribution in [3.05, 3.63) is 24.0 Å². The highest BCUT2D eigenvalue weighted by atomic mass is 19.1. The molecule has 1 aliphatic heterocycles. The molecular formula is C10H13FN2O. The number of hydrogen-bond acceptors (Lipinski definition) is 3. The van der Waals surface area contributed by atoms with Crippen molar-refractivity contribution in [2.75, 3.05) is 36.9 Å². The molecule has 2 N–H and O–H groups in total. The number of nitrogens with zero attached hydrogens (tertiary/aromatic N) is 1. The Bertz CT molecular complexity index is 304. The van der Waals surface area contributed by atoms with Crippen LogP contribution < -0.4 is 10.6 Å². The van der Waals surface area contributed by atoms with Crippen molar-refractivity contribution in [3.63, 3.8) is 0 Å². The number of anilines is 2. The Morgan fingerprint density at radius 1 is 1.29 bits per heavy atom. The van der Waals surface area contributed by atoms with Gasteiger partial charge >= 0.3 is 0 Å². The van der Waals surface area contributed by atoms with Crippen molar-refractivity contribution in [2.24, 2.45) is 0 Å². The van der Waals surface area contributed by atoms with Crippen LogP contribution in [-0.4, -0.2) is 26.3 Å². The molecular weight excluding hydrogens is 183 g/mol. The average Bonchev–Trinajstić information content (AvgIpc) is 2.19. The lowest BCUT2D eigenvalue weighted by molar-refractivity contribution is 0.122. The van der Waals surface area contributed by atoms with Crippen molar-refractivity contribution < 1.29 is 9.13 Å². The van der Waals surface area contributed by atoms with Gasteiger partial charge in [-0.25, -0.2) is 4.39 Å². The van der Waals surface area contributed by atoms with E-state index in [1.165, 1.54) is 6.07 Å². The van der Waals surface area contributed by atoms with Crippen LogP contribution in [0.15, 0.2) is 18.2 Å². The van der Waals surface area contributed by atoms with Gasteiger partial charge in [-0.2, -0.15) is 0 Å². The molecule has 0 spiro atoms. The first-order chi connectivity index (χ1) is 6.79. The van der Waals surface area contributed by atoms with Crippen LogP contribution in [0.4, 0.5) is 15.8 Å². The third-order valence-electron chi connectivity index (χ3n) is 2.35. The molecule has 4 heteroatoms. The summed E-state index contributed by atoms with van der Waals surface area (Å²) in [5, 5.41) is 0. The molecule has 0 atom stereocenters. The Kier molecular flexibility index (Phi) is 2.54. The van der Waals surface area contributed by atoms with Gasteiger partial charge in [0.1, 0.15) is 5.82 Å². The van der Waals surface area contributed by atoms with Crippen molar-refractivity contribution in [1.29, 1.82) is 0 Å². The second kappa shape index (κ2) is 3.84. The number of nitrogen functional groups attached to an aromatic ring is 1. The molecule has 1 heterocycles. The van der Waals surface area contributed by atoms with E-state index in [1.54, 1.807) is 12.1 Å². The molecule has 0 bridgehead atoms. The van der Waals surface area contributed by atoms with Crippen LogP contribution in [0, 0.1) is 5.82 Å². The number of para-hydroxylation sites is 1. The molecule has 1 aromatic rings. The Hall–Kier alpha value is -1.29. The first kappa shape index (κ1) is 9.27. The molecule has 2 rings (SSSR count). The van der Waals surface area contributed by atoms with Gasteiger partial charge in [0, 0.05) is 13.1 Å². The van der Waals surface area contributed by atoms with Gasteiger partial charge in [0.15, 0.2) is 0 Å². The maximum Gasteiger partial charge on any atom is 0.148 e. The van der Waals surface area contributed by atoms with Gasteiger partial charge in [0.05, 0.1) is 24.6 Å². The third kappa shape index (κ3) is 1.65. The fraction of sp³-hybridized carbons (Fsp3) is 0.400. The van der Waals surface area contributed by atoms with Crippen LogP contribution in [0.1, 0.15) is 0 Å². The summed E-state index contributed by atoms with van der Waals surface area (Å²) in [7, 11) is 0. The third-order valence-corrected chi connectivity index (χ3v) is 2.35. The minimum atomic E-state index is -0.257. The fourth-order valence-corrected chi connectivity index (χ4v) is 1.65. The number of rotatable bonds is 1. The zero-order valence-electron chi connectivity index (χ0n) is 7.87. The number of benzene rings is 1. The van der Waals surface area contributed by atoms with Gasteiger partial charge in [-0.3, -0.25) is 0 Å². The highest BCUT2D eigenvalue weighted by Crippen LogP contribution is 2.26. The van der Waals surface area contributed by atoms with E-state index < -0.39 is 0 Å². The van der Waals surface area contributed by atoms with E-state index in [0.29, 0.717) is 37.7 Å². The van der Waals surface area contributed by atoms with E-state index in [1.807, 2.05) is 4.90 Å². The van der Waals surface area contributed by atoms with Gasteiger partial charge in [-0.15, -0.1) is 0 Å². The summed E-state index contributed by atoms with van der Waals surface area (Å²) < 4.78 is 18.7. The Morgan fingerprint density at radius 3 is 2.64 bits per heavy atom. The molecule has 1 aromatic carbocycles. The highest BCUT2D eigenvalue weighted by Gasteiger charge is 2.16. The lowest BCUT2D eigenvalue weighted by Gasteiger charge is -2.29. The molecule has 0 aliphatic carbocycles. The van der Waals surface area contributed by atoms with Gasteiger partial charge in [0.2, 0.25) is 0 Å². The van der Waals surface area contributed by atoms with Gasteiger partial charge < -0.3 is 15.4 Å². The maximum atomic E-state index is 13.5. The molecule has 0 aromatic heterocycles. The molecule has 14 heavy (non-hydrogen) atoms. The quantitative estimate of drug-likeness (QED) is 0.687. The summed E-state index contributed by atoms with van der Waals surface area (Å²) in [6, 6.07) is 4.77. The zero-order valence-corrected chi connectivity index (χ0v) is 7.87. The van der Waals surface area contributed by atoms with Crippen LogP contribution in [0.5, 0.6) is 0 Å². The number of ether oxygens (including phenoxy) is 1. The SMILES string of the molecule is Nc1cccc(F)c1N1CCOCC1. The van der Waals surface area contributed by atoms with Gasteiger partial charge in [-0.1, -0.05) is 6.07 Å². The second-order valence-corrected chi connectivity index (χ2v) is 3.28. The van der Waals surface area contributed by atoms with Crippen LogP contribution in [0.2, 0.25) is 0 Å². The summed E-state index contributed by atoms with van der Waals surface area (Å²) in [4.78, 5) is 1.92. The van der Waals surface area contributed by atoms with Crippen molar-refractivity contribution in [2.45, 2.75) is 0 Å². The molecule has 1 aliphatic rings. The smallest absolute Gasteiger partial charge is 0.148 e. The Morgan fingerprint density at radius 2 is 2.00 bits per heavy atom. The molecule has 1 fully saturated rings. The molecule has 76 valence electrons. The molecule has 0 radical (unpaired) electrons. The maximum absolute atomic E-state index is 13.5. The summed E-state index contributed by atoms with van der Waals surface area (Å²) in [6.07, 6.45) is 0. The number of nitrogens with two attached hydrogens (primary N) is 1. The van der Waals surface area contributed by atoms with E-state index in [-0.39, 0.29) is 5.82 Å². The summed E-state index contributed by atoms with van der Waals surface area (Å²) in [5.74, 6) is -0.257. The van der Waals surface area contributed by atoms with Crippen LogP contribution >= 0.6 is 0 Å². The minimum Gasteiger partial charge on any atom is -0.397 e. The molecule has 0 saturated carbocycles. The minimum absolute atomic E-state index is 0.257. The van der Waals surface area contributed by atoms with E-state index in [9.17, 15) is 4.39 Å². The van der Waals surface area contributed by atoms with Crippen molar-refractivity contribution >= 4 is 11.4 Å². The lowest BCUT2D eigenvalue weighted by atomic mass is 10.2. The summed E-state index contributed by atoms with van der Waals surface area (Å²) in [5.41, 5.74) is 6.73. The van der Waals surface area contributed by atoms with E-state index in [2.05, 4.69) is 0 Å². The van der Waals surface area contributed by atoms with Crippen LogP contribution in [-0.2, 0) is 4.74 Å². The van der Waals surface area contributed by atoms with Gasteiger partial charge in [0.25, 0.3) is 0 Å². The van der Waals surface area contributed by atoms with Crippen LogP contribution in [0.3, 0.4) is 0 Å². The number of hydrogen-bond donors (Lipinski definition) is 1. The summed E-state index contributed by atoms with van der Waals surface area (Å²) in [6.45, 7) is 2.66. The second-order valence-electron chi connectivity index (χ2n) is 3.28. The number of halogens is 1. The number of morpholine rings is 1. The lowest BCUT2D eigenvalue weighted by Crippen LogP contribution is -2.37.